The summed E-state index contributed by atoms with van der Waals surface area (Å²) in [6, 6.07) is 0. The molecule has 0 aliphatic heterocycles. The molecule has 14 heavy (non-hydrogen) atoms. The minimum absolute atomic E-state index is 0.826. The number of halogens is 1. The van der Waals surface area contributed by atoms with Gasteiger partial charge in [-0.3, -0.25) is 0 Å². The highest BCUT2D eigenvalue weighted by molar-refractivity contribution is 6.17. The topological polar surface area (TPSA) is 3.24 Å². The Balaban J connectivity index is 1.95. The second-order valence-corrected chi connectivity index (χ2v) is 5.04. The van der Waals surface area contributed by atoms with Crippen LogP contribution in [0.1, 0.15) is 44.9 Å². The van der Waals surface area contributed by atoms with Crippen LogP contribution in [0, 0.1) is 5.92 Å². The van der Waals surface area contributed by atoms with E-state index in [0.717, 1.165) is 11.8 Å². The van der Waals surface area contributed by atoms with Crippen LogP contribution in [0.15, 0.2) is 0 Å². The molecule has 1 fully saturated rings. The lowest BCUT2D eigenvalue weighted by atomic mass is 10.1. The summed E-state index contributed by atoms with van der Waals surface area (Å²) in [6.07, 6.45) is 9.64. The molecule has 1 saturated carbocycles. The van der Waals surface area contributed by atoms with Crippen LogP contribution in [-0.2, 0) is 0 Å². The number of hydrogen-bond donors (Lipinski definition) is 0. The Hall–Kier alpha value is 0.250. The standard InChI is InChI=1S/C12H24ClN/c1-14(10-6-2-5-9-13)11-12-7-3-4-8-12/h12H,2-11H2,1H3. The van der Waals surface area contributed by atoms with Crippen molar-refractivity contribution in [3.8, 4) is 0 Å². The van der Waals surface area contributed by atoms with Gasteiger partial charge in [0.1, 0.15) is 0 Å². The molecule has 0 spiro atoms. The normalized spacial score (nSPS) is 18.2. The second kappa shape index (κ2) is 7.53. The van der Waals surface area contributed by atoms with Gasteiger partial charge in [0.15, 0.2) is 0 Å². The summed E-state index contributed by atoms with van der Waals surface area (Å²) in [7, 11) is 2.26. The van der Waals surface area contributed by atoms with Gasteiger partial charge in [0.2, 0.25) is 0 Å². The van der Waals surface area contributed by atoms with E-state index in [1.54, 1.807) is 0 Å². The van der Waals surface area contributed by atoms with E-state index in [-0.39, 0.29) is 0 Å². The number of hydrogen-bond acceptors (Lipinski definition) is 1. The van der Waals surface area contributed by atoms with E-state index in [1.807, 2.05) is 0 Å². The summed E-state index contributed by atoms with van der Waals surface area (Å²) in [5.41, 5.74) is 0. The molecule has 0 unspecified atom stereocenters. The molecule has 0 aromatic heterocycles. The van der Waals surface area contributed by atoms with E-state index >= 15 is 0 Å². The average molecular weight is 218 g/mol. The Labute approximate surface area is 93.8 Å². The first-order valence-electron chi connectivity index (χ1n) is 6.07. The number of alkyl halides is 1. The van der Waals surface area contributed by atoms with Gasteiger partial charge in [-0.05, 0) is 45.2 Å². The van der Waals surface area contributed by atoms with E-state index in [2.05, 4.69) is 11.9 Å². The van der Waals surface area contributed by atoms with Gasteiger partial charge < -0.3 is 4.90 Å². The maximum Gasteiger partial charge on any atom is 0.0223 e. The zero-order valence-corrected chi connectivity index (χ0v) is 10.2. The molecule has 0 aromatic rings. The molecular weight excluding hydrogens is 194 g/mol. The van der Waals surface area contributed by atoms with Crippen molar-refractivity contribution >= 4 is 11.6 Å². The first-order valence-corrected chi connectivity index (χ1v) is 6.61. The van der Waals surface area contributed by atoms with Crippen LogP contribution in [0.4, 0.5) is 0 Å². The van der Waals surface area contributed by atoms with Crippen molar-refractivity contribution in [2.75, 3.05) is 26.0 Å². The van der Waals surface area contributed by atoms with Crippen LogP contribution >= 0.6 is 11.6 Å². The highest BCUT2D eigenvalue weighted by Crippen LogP contribution is 2.25. The van der Waals surface area contributed by atoms with Crippen LogP contribution in [0.2, 0.25) is 0 Å². The molecule has 0 N–H and O–H groups in total. The van der Waals surface area contributed by atoms with Gasteiger partial charge in [-0.1, -0.05) is 19.3 Å². The van der Waals surface area contributed by atoms with Gasteiger partial charge in [0.25, 0.3) is 0 Å². The highest BCUT2D eigenvalue weighted by atomic mass is 35.5. The molecule has 1 nitrogen and oxygen atoms in total. The van der Waals surface area contributed by atoms with Gasteiger partial charge in [0.05, 0.1) is 0 Å². The van der Waals surface area contributed by atoms with E-state index in [0.29, 0.717) is 0 Å². The van der Waals surface area contributed by atoms with Gasteiger partial charge in [-0.25, -0.2) is 0 Å². The Bertz CT molecular complexity index is 132. The molecule has 0 radical (unpaired) electrons. The number of nitrogens with zero attached hydrogens (tertiary/aromatic N) is 1. The minimum Gasteiger partial charge on any atom is -0.306 e. The molecule has 1 rings (SSSR count). The SMILES string of the molecule is CN(CCCCCCl)CC1CCCC1. The first kappa shape index (κ1) is 12.3. The summed E-state index contributed by atoms with van der Waals surface area (Å²) in [5, 5.41) is 0. The molecule has 2 heteroatoms. The monoisotopic (exact) mass is 217 g/mol. The van der Waals surface area contributed by atoms with Crippen LogP contribution < -0.4 is 0 Å². The van der Waals surface area contributed by atoms with E-state index in [9.17, 15) is 0 Å². The highest BCUT2D eigenvalue weighted by Gasteiger charge is 2.16. The predicted octanol–water partition coefficient (Wildman–Crippen LogP) is 3.52. The van der Waals surface area contributed by atoms with Crippen molar-refractivity contribution in [3.63, 3.8) is 0 Å². The van der Waals surface area contributed by atoms with Crippen LogP contribution in [0.3, 0.4) is 0 Å². The lowest BCUT2D eigenvalue weighted by Crippen LogP contribution is -2.25. The largest absolute Gasteiger partial charge is 0.306 e. The predicted molar refractivity (Wildman–Crippen MR) is 64.0 cm³/mol. The molecule has 1 aliphatic rings. The molecule has 0 amide bonds. The Morgan fingerprint density at radius 3 is 2.50 bits per heavy atom. The quantitative estimate of drug-likeness (QED) is 0.466. The molecular formula is C12H24ClN. The molecule has 0 aromatic carbocycles. The Morgan fingerprint density at radius 1 is 1.14 bits per heavy atom. The van der Waals surface area contributed by atoms with Gasteiger partial charge in [-0.2, -0.15) is 0 Å². The van der Waals surface area contributed by atoms with Crippen LogP contribution in [0.25, 0.3) is 0 Å². The van der Waals surface area contributed by atoms with E-state index in [4.69, 9.17) is 11.6 Å². The molecule has 0 atom stereocenters. The van der Waals surface area contributed by atoms with Crippen molar-refractivity contribution in [1.82, 2.24) is 4.90 Å². The van der Waals surface area contributed by atoms with Crippen molar-refractivity contribution in [1.29, 1.82) is 0 Å². The minimum atomic E-state index is 0.826. The fourth-order valence-corrected chi connectivity index (χ4v) is 2.57. The van der Waals surface area contributed by atoms with Crippen LogP contribution in [0.5, 0.6) is 0 Å². The lowest BCUT2D eigenvalue weighted by Gasteiger charge is -2.20. The average Bonchev–Trinajstić information content (AvgIpc) is 2.65. The maximum absolute atomic E-state index is 5.64. The fourth-order valence-electron chi connectivity index (χ4n) is 2.38. The third kappa shape index (κ3) is 5.21. The fraction of sp³-hybridized carbons (Fsp3) is 1.00. The molecule has 0 saturated heterocycles. The first-order chi connectivity index (χ1) is 6.83. The van der Waals surface area contributed by atoms with Crippen LogP contribution in [-0.4, -0.2) is 30.9 Å². The zero-order valence-electron chi connectivity index (χ0n) is 9.47. The third-order valence-corrected chi connectivity index (χ3v) is 3.49. The zero-order chi connectivity index (χ0) is 10.2. The maximum atomic E-state index is 5.64. The van der Waals surface area contributed by atoms with Crippen molar-refractivity contribution in [3.05, 3.63) is 0 Å². The van der Waals surface area contributed by atoms with Crippen molar-refractivity contribution in [2.24, 2.45) is 5.92 Å². The third-order valence-electron chi connectivity index (χ3n) is 3.22. The number of unbranched alkanes of at least 4 members (excludes halogenated alkanes) is 2. The molecule has 1 aliphatic carbocycles. The second-order valence-electron chi connectivity index (χ2n) is 4.66. The van der Waals surface area contributed by atoms with E-state index < -0.39 is 0 Å². The summed E-state index contributed by atoms with van der Waals surface area (Å²) < 4.78 is 0. The molecule has 0 heterocycles. The van der Waals surface area contributed by atoms with Crippen molar-refractivity contribution in [2.45, 2.75) is 44.9 Å². The Morgan fingerprint density at radius 2 is 1.86 bits per heavy atom. The van der Waals surface area contributed by atoms with Crippen molar-refractivity contribution < 1.29 is 0 Å². The Kier molecular flexibility index (Phi) is 6.63. The summed E-state index contributed by atoms with van der Waals surface area (Å²) >= 11 is 5.64. The number of rotatable bonds is 7. The summed E-state index contributed by atoms with van der Waals surface area (Å²) in [5.74, 6) is 1.82. The smallest absolute Gasteiger partial charge is 0.0223 e. The van der Waals surface area contributed by atoms with Gasteiger partial charge >= 0.3 is 0 Å². The molecule has 84 valence electrons. The summed E-state index contributed by atoms with van der Waals surface area (Å²) in [4.78, 5) is 2.50. The van der Waals surface area contributed by atoms with E-state index in [1.165, 1.54) is 58.0 Å². The lowest BCUT2D eigenvalue weighted by molar-refractivity contribution is 0.273. The molecule has 0 bridgehead atoms. The summed E-state index contributed by atoms with van der Waals surface area (Å²) in [6.45, 7) is 2.58. The van der Waals surface area contributed by atoms with Gasteiger partial charge in [0, 0.05) is 12.4 Å². The van der Waals surface area contributed by atoms with Gasteiger partial charge in [-0.15, -0.1) is 11.6 Å².